The third kappa shape index (κ3) is 7.10. The Morgan fingerprint density at radius 2 is 1.64 bits per heavy atom. The number of hydrogen-bond donors (Lipinski definition) is 1. The summed E-state index contributed by atoms with van der Waals surface area (Å²) in [6.45, 7) is 3.68. The second kappa shape index (κ2) is 14.2. The summed E-state index contributed by atoms with van der Waals surface area (Å²) in [6.07, 6.45) is 3.21. The van der Waals surface area contributed by atoms with E-state index in [2.05, 4.69) is 5.32 Å². The number of alkyl carbamates (subject to hydrolysis) is 1. The van der Waals surface area contributed by atoms with Crippen molar-refractivity contribution in [3.05, 3.63) is 90.0 Å². The van der Waals surface area contributed by atoms with Gasteiger partial charge in [0, 0.05) is 23.2 Å². The van der Waals surface area contributed by atoms with Gasteiger partial charge in [-0.05, 0) is 62.6 Å². The van der Waals surface area contributed by atoms with Gasteiger partial charge in [0.05, 0.1) is 18.5 Å². The molecule has 0 radical (unpaired) electrons. The zero-order valence-corrected chi connectivity index (χ0v) is 25.6. The van der Waals surface area contributed by atoms with E-state index >= 15 is 0 Å². The molecule has 1 aliphatic carbocycles. The van der Waals surface area contributed by atoms with Crippen molar-refractivity contribution in [1.82, 2.24) is 5.32 Å². The summed E-state index contributed by atoms with van der Waals surface area (Å²) in [5.41, 5.74) is 3.72. The van der Waals surface area contributed by atoms with E-state index in [4.69, 9.17) is 14.5 Å². The molecule has 5 rings (SSSR count). The molecule has 1 unspecified atom stereocenters. The average Bonchev–Trinajstić information content (AvgIpc) is 3.16. The van der Waals surface area contributed by atoms with Crippen molar-refractivity contribution < 1.29 is 23.9 Å². The Kier molecular flexibility index (Phi) is 9.94. The Bertz CT molecular complexity index is 1480. The molecular formula is C35H40N4O5. The van der Waals surface area contributed by atoms with Crippen molar-refractivity contribution in [2.24, 2.45) is 10.9 Å². The molecular weight excluding hydrogens is 556 g/mol. The van der Waals surface area contributed by atoms with E-state index in [0.29, 0.717) is 17.1 Å². The van der Waals surface area contributed by atoms with E-state index in [1.807, 2.05) is 80.6 Å². The van der Waals surface area contributed by atoms with Crippen LogP contribution < -0.4 is 19.9 Å². The molecule has 3 aromatic carbocycles. The Morgan fingerprint density at radius 3 is 2.32 bits per heavy atom. The fourth-order valence-corrected chi connectivity index (χ4v) is 5.98. The largest absolute Gasteiger partial charge is 0.497 e. The van der Waals surface area contributed by atoms with Gasteiger partial charge in [-0.15, -0.1) is 0 Å². The van der Waals surface area contributed by atoms with Gasteiger partial charge in [-0.2, -0.15) is 0 Å². The van der Waals surface area contributed by atoms with Crippen molar-refractivity contribution in [3.63, 3.8) is 0 Å². The number of anilines is 2. The van der Waals surface area contributed by atoms with Crippen LogP contribution in [0.2, 0.25) is 0 Å². The van der Waals surface area contributed by atoms with Gasteiger partial charge in [0.25, 0.3) is 5.91 Å². The molecule has 44 heavy (non-hydrogen) atoms. The third-order valence-electron chi connectivity index (χ3n) is 8.13. The average molecular weight is 597 g/mol. The van der Waals surface area contributed by atoms with Crippen LogP contribution in [-0.4, -0.2) is 49.5 Å². The van der Waals surface area contributed by atoms with E-state index in [1.54, 1.807) is 24.1 Å². The quantitative estimate of drug-likeness (QED) is 0.322. The first-order chi connectivity index (χ1) is 21.4. The van der Waals surface area contributed by atoms with Crippen molar-refractivity contribution in [1.29, 1.82) is 0 Å². The molecule has 9 nitrogen and oxygen atoms in total. The van der Waals surface area contributed by atoms with Gasteiger partial charge >= 0.3 is 6.09 Å². The number of rotatable bonds is 9. The van der Waals surface area contributed by atoms with Gasteiger partial charge in [0.15, 0.2) is 0 Å². The maximum Gasteiger partial charge on any atom is 0.409 e. The van der Waals surface area contributed by atoms with Crippen molar-refractivity contribution in [2.75, 3.05) is 23.5 Å². The van der Waals surface area contributed by atoms with Crippen LogP contribution in [0.1, 0.15) is 57.1 Å². The minimum Gasteiger partial charge on any atom is -0.497 e. The molecule has 0 spiro atoms. The fraction of sp³-hybridized carbons (Fsp3) is 0.371. The topological polar surface area (TPSA) is 101 Å². The third-order valence-corrected chi connectivity index (χ3v) is 8.13. The minimum absolute atomic E-state index is 0.0560. The van der Waals surface area contributed by atoms with E-state index in [0.717, 1.165) is 48.9 Å². The lowest BCUT2D eigenvalue weighted by molar-refractivity contribution is -0.123. The highest BCUT2D eigenvalue weighted by molar-refractivity contribution is 6.15. The monoisotopic (exact) mass is 596 g/mol. The zero-order valence-electron chi connectivity index (χ0n) is 25.6. The number of methoxy groups -OCH3 is 1. The molecule has 1 heterocycles. The highest BCUT2D eigenvalue weighted by Gasteiger charge is 2.37. The van der Waals surface area contributed by atoms with Crippen LogP contribution >= 0.6 is 0 Å². The molecule has 230 valence electrons. The number of carbonyl (C=O) groups is 3. The number of nitrogens with one attached hydrogen (secondary N) is 1. The standard InChI is InChI=1S/C35H40N4O5/c1-24(2)39(27-18-20-28(43-3)21-19-27)31(40)22-38-30-17-11-10-16-29(30)32(26-14-8-5-9-15-26)36-33(34(38)41)37-35(42)44-23-25-12-6-4-7-13-25/h4,6-7,10-13,16-21,24,26,33H,5,8-9,14-15,22-23H2,1-3H3,(H,37,42). The zero-order chi connectivity index (χ0) is 31.1. The van der Waals surface area contributed by atoms with E-state index in [-0.39, 0.29) is 31.0 Å². The molecule has 3 aromatic rings. The number of fused-ring (bicyclic) bond motifs is 1. The first kappa shape index (κ1) is 30.8. The normalized spacial score (nSPS) is 16.9. The number of benzene rings is 3. The lowest BCUT2D eigenvalue weighted by Gasteiger charge is -2.31. The first-order valence-electron chi connectivity index (χ1n) is 15.3. The van der Waals surface area contributed by atoms with Crippen LogP contribution in [0.25, 0.3) is 0 Å². The number of benzodiazepines with no additional fused rings is 1. The van der Waals surface area contributed by atoms with Crippen LogP contribution in [0.5, 0.6) is 5.75 Å². The molecule has 1 saturated carbocycles. The second-order valence-corrected chi connectivity index (χ2v) is 11.5. The Morgan fingerprint density at radius 1 is 0.955 bits per heavy atom. The van der Waals surface area contributed by atoms with E-state index < -0.39 is 18.2 Å². The molecule has 0 bridgehead atoms. The highest BCUT2D eigenvalue weighted by Crippen LogP contribution is 2.34. The van der Waals surface area contributed by atoms with Crippen molar-refractivity contribution in [3.8, 4) is 5.75 Å². The summed E-state index contributed by atoms with van der Waals surface area (Å²) in [5, 5.41) is 2.70. The predicted octanol–water partition coefficient (Wildman–Crippen LogP) is 6.11. The van der Waals surface area contributed by atoms with Crippen LogP contribution in [0.15, 0.2) is 83.9 Å². The van der Waals surface area contributed by atoms with Crippen LogP contribution in [0.4, 0.5) is 16.2 Å². The minimum atomic E-state index is -1.25. The molecule has 9 heteroatoms. The summed E-state index contributed by atoms with van der Waals surface area (Å²) in [7, 11) is 1.59. The predicted molar refractivity (Wildman–Crippen MR) is 171 cm³/mol. The van der Waals surface area contributed by atoms with Gasteiger partial charge in [-0.1, -0.05) is 67.8 Å². The van der Waals surface area contributed by atoms with E-state index in [1.165, 1.54) is 4.90 Å². The number of carbonyl (C=O) groups excluding carboxylic acids is 3. The van der Waals surface area contributed by atoms with Crippen LogP contribution in [0, 0.1) is 5.92 Å². The van der Waals surface area contributed by atoms with Gasteiger partial charge in [-0.3, -0.25) is 24.8 Å². The number of ether oxygens (including phenoxy) is 2. The lowest BCUT2D eigenvalue weighted by Crippen LogP contribution is -2.51. The summed E-state index contributed by atoms with van der Waals surface area (Å²) in [6, 6.07) is 24.0. The lowest BCUT2D eigenvalue weighted by atomic mass is 9.83. The number of aliphatic imine (C=N–C) groups is 1. The molecule has 0 saturated heterocycles. The Hall–Kier alpha value is -4.66. The summed E-state index contributed by atoms with van der Waals surface area (Å²) in [4.78, 5) is 49.3. The van der Waals surface area contributed by atoms with Crippen LogP contribution in [0.3, 0.4) is 0 Å². The second-order valence-electron chi connectivity index (χ2n) is 11.5. The van der Waals surface area contributed by atoms with Crippen LogP contribution in [-0.2, 0) is 20.9 Å². The molecule has 2 aliphatic rings. The summed E-state index contributed by atoms with van der Waals surface area (Å²) >= 11 is 0. The van der Waals surface area contributed by atoms with Crippen molar-refractivity contribution in [2.45, 2.75) is 64.8 Å². The molecule has 1 N–H and O–H groups in total. The summed E-state index contributed by atoms with van der Waals surface area (Å²) < 4.78 is 10.8. The SMILES string of the molecule is COc1ccc(N(C(=O)CN2C(=O)C(NC(=O)OCc3ccccc3)N=C(C3CCCCC3)c3ccccc32)C(C)C)cc1. The highest BCUT2D eigenvalue weighted by atomic mass is 16.5. The molecule has 3 amide bonds. The first-order valence-corrected chi connectivity index (χ1v) is 15.3. The Balaban J connectivity index is 1.46. The number of nitrogens with zero attached hydrogens (tertiary/aromatic N) is 3. The molecule has 1 aliphatic heterocycles. The Labute approximate surface area is 258 Å². The number of hydrogen-bond acceptors (Lipinski definition) is 6. The van der Waals surface area contributed by atoms with Gasteiger partial charge in [0.1, 0.15) is 18.9 Å². The van der Waals surface area contributed by atoms with Crippen molar-refractivity contribution >= 4 is 35.0 Å². The maximum atomic E-state index is 14.3. The maximum absolute atomic E-state index is 14.3. The molecule has 0 aromatic heterocycles. The van der Waals surface area contributed by atoms with Gasteiger partial charge in [0.2, 0.25) is 12.1 Å². The molecule has 1 fully saturated rings. The van der Waals surface area contributed by atoms with Gasteiger partial charge in [-0.25, -0.2) is 4.79 Å². The number of para-hydroxylation sites is 1. The smallest absolute Gasteiger partial charge is 0.409 e. The molecule has 1 atom stereocenters. The van der Waals surface area contributed by atoms with E-state index in [9.17, 15) is 14.4 Å². The fourth-order valence-electron chi connectivity index (χ4n) is 5.98. The summed E-state index contributed by atoms with van der Waals surface area (Å²) in [5.74, 6) is 0.0676. The van der Waals surface area contributed by atoms with Gasteiger partial charge < -0.3 is 14.4 Å². The number of amides is 3.